The molecule has 1 aliphatic heterocycles. The number of ether oxygens (including phenoxy) is 1. The van der Waals surface area contributed by atoms with Gasteiger partial charge < -0.3 is 10.5 Å². The fraction of sp³-hybridized carbons (Fsp3) is 0.429. The van der Waals surface area contributed by atoms with Crippen molar-refractivity contribution in [1.82, 2.24) is 10.2 Å². The predicted molar refractivity (Wildman–Crippen MR) is 74.1 cm³/mol. The lowest BCUT2D eigenvalue weighted by atomic mass is 9.98. The number of hydrogen-bond donors (Lipinski definition) is 2. The van der Waals surface area contributed by atoms with Gasteiger partial charge in [-0.05, 0) is 24.6 Å². The second-order valence-electron chi connectivity index (χ2n) is 4.95. The van der Waals surface area contributed by atoms with Gasteiger partial charge in [-0.15, -0.1) is 0 Å². The number of imide groups is 1. The summed E-state index contributed by atoms with van der Waals surface area (Å²) in [6.07, 6.45) is 0. The number of nitrogens with one attached hydrogen (secondary N) is 1. The van der Waals surface area contributed by atoms with E-state index in [1.54, 1.807) is 12.0 Å². The number of rotatable bonds is 4. The zero-order valence-electron chi connectivity index (χ0n) is 11.6. The standard InChI is InChI=1S/C14H19N3O3/c1-9(15)14(10-3-5-11(20-2)6-4-10)17-7-12(18)16-13(19)8-17/h3-6,9,14H,7-8,15H2,1-2H3,(H,16,18,19). The molecular formula is C14H19N3O3. The van der Waals surface area contributed by atoms with Crippen LogP contribution < -0.4 is 15.8 Å². The number of carbonyl (C=O) groups is 2. The van der Waals surface area contributed by atoms with Crippen LogP contribution in [0.5, 0.6) is 5.75 Å². The molecular weight excluding hydrogens is 258 g/mol. The molecule has 1 saturated heterocycles. The fourth-order valence-corrected chi connectivity index (χ4v) is 2.50. The molecule has 0 radical (unpaired) electrons. The normalized spacial score (nSPS) is 19.4. The van der Waals surface area contributed by atoms with Crippen LogP contribution in [0.2, 0.25) is 0 Å². The largest absolute Gasteiger partial charge is 0.497 e. The van der Waals surface area contributed by atoms with Crippen molar-refractivity contribution >= 4 is 11.8 Å². The molecule has 1 aliphatic rings. The fourth-order valence-electron chi connectivity index (χ4n) is 2.50. The van der Waals surface area contributed by atoms with Gasteiger partial charge in [0.15, 0.2) is 0 Å². The Morgan fingerprint density at radius 1 is 1.20 bits per heavy atom. The van der Waals surface area contributed by atoms with Gasteiger partial charge in [-0.1, -0.05) is 12.1 Å². The van der Waals surface area contributed by atoms with Crippen LogP contribution in [0.4, 0.5) is 0 Å². The summed E-state index contributed by atoms with van der Waals surface area (Å²) in [7, 11) is 1.60. The van der Waals surface area contributed by atoms with E-state index >= 15 is 0 Å². The van der Waals surface area contributed by atoms with Crippen molar-refractivity contribution in [2.45, 2.75) is 19.0 Å². The topological polar surface area (TPSA) is 84.7 Å². The van der Waals surface area contributed by atoms with Crippen molar-refractivity contribution in [3.63, 3.8) is 0 Å². The highest BCUT2D eigenvalue weighted by molar-refractivity contribution is 5.99. The number of benzene rings is 1. The minimum absolute atomic E-state index is 0.171. The summed E-state index contributed by atoms with van der Waals surface area (Å²) in [5.41, 5.74) is 7.01. The lowest BCUT2D eigenvalue weighted by Gasteiger charge is -2.35. The maximum absolute atomic E-state index is 11.5. The first kappa shape index (κ1) is 14.5. The highest BCUT2D eigenvalue weighted by Crippen LogP contribution is 2.26. The van der Waals surface area contributed by atoms with E-state index in [2.05, 4.69) is 5.32 Å². The molecule has 1 heterocycles. The molecule has 1 fully saturated rings. The molecule has 2 unspecified atom stereocenters. The third-order valence-corrected chi connectivity index (χ3v) is 3.32. The molecule has 0 spiro atoms. The van der Waals surface area contributed by atoms with E-state index in [1.165, 1.54) is 0 Å². The van der Waals surface area contributed by atoms with E-state index < -0.39 is 0 Å². The SMILES string of the molecule is COc1ccc(C(C(C)N)N2CC(=O)NC(=O)C2)cc1. The summed E-state index contributed by atoms with van der Waals surface area (Å²) >= 11 is 0. The van der Waals surface area contributed by atoms with Crippen LogP contribution in [-0.4, -0.2) is 43.0 Å². The first-order valence-corrected chi connectivity index (χ1v) is 6.47. The maximum atomic E-state index is 11.5. The predicted octanol–water partition coefficient (Wildman–Crippen LogP) is 0.0419. The number of piperazine rings is 1. The van der Waals surface area contributed by atoms with Crippen molar-refractivity contribution in [2.24, 2.45) is 5.73 Å². The maximum Gasteiger partial charge on any atom is 0.240 e. The van der Waals surface area contributed by atoms with Crippen LogP contribution in [0.3, 0.4) is 0 Å². The highest BCUT2D eigenvalue weighted by atomic mass is 16.5. The van der Waals surface area contributed by atoms with E-state index in [-0.39, 0.29) is 37.0 Å². The van der Waals surface area contributed by atoms with E-state index in [0.29, 0.717) is 0 Å². The summed E-state index contributed by atoms with van der Waals surface area (Å²) in [5, 5.41) is 2.29. The Balaban J connectivity index is 2.25. The van der Waals surface area contributed by atoms with Gasteiger partial charge in [0.05, 0.1) is 26.2 Å². The van der Waals surface area contributed by atoms with Gasteiger partial charge in [-0.2, -0.15) is 0 Å². The molecule has 6 heteroatoms. The van der Waals surface area contributed by atoms with Crippen LogP contribution >= 0.6 is 0 Å². The molecule has 3 N–H and O–H groups in total. The van der Waals surface area contributed by atoms with E-state index in [1.807, 2.05) is 31.2 Å². The summed E-state index contributed by atoms with van der Waals surface area (Å²) in [5.74, 6) is 0.172. The molecule has 0 aromatic heterocycles. The number of carbonyl (C=O) groups excluding carboxylic acids is 2. The molecule has 108 valence electrons. The van der Waals surface area contributed by atoms with Gasteiger partial charge >= 0.3 is 0 Å². The number of nitrogens with two attached hydrogens (primary N) is 1. The Labute approximate surface area is 117 Å². The van der Waals surface area contributed by atoms with Gasteiger partial charge in [0.1, 0.15) is 5.75 Å². The summed E-state index contributed by atoms with van der Waals surface area (Å²) in [6, 6.07) is 7.11. The zero-order chi connectivity index (χ0) is 14.7. The number of amides is 2. The van der Waals surface area contributed by atoms with Crippen molar-refractivity contribution < 1.29 is 14.3 Å². The minimum atomic E-state index is -0.291. The average Bonchev–Trinajstić information content (AvgIpc) is 2.38. The third kappa shape index (κ3) is 3.15. The van der Waals surface area contributed by atoms with Crippen LogP contribution in [0.15, 0.2) is 24.3 Å². The van der Waals surface area contributed by atoms with Crippen molar-refractivity contribution in [3.05, 3.63) is 29.8 Å². The van der Waals surface area contributed by atoms with E-state index in [9.17, 15) is 9.59 Å². The number of hydrogen-bond acceptors (Lipinski definition) is 5. The van der Waals surface area contributed by atoms with Gasteiger partial charge in [0, 0.05) is 6.04 Å². The molecule has 1 aromatic carbocycles. The molecule has 2 amide bonds. The first-order chi connectivity index (χ1) is 9.51. The molecule has 1 aromatic rings. The number of nitrogens with zero attached hydrogens (tertiary/aromatic N) is 1. The second kappa shape index (κ2) is 6.02. The van der Waals surface area contributed by atoms with Crippen LogP contribution in [0.25, 0.3) is 0 Å². The quantitative estimate of drug-likeness (QED) is 0.759. The summed E-state index contributed by atoms with van der Waals surface area (Å²) < 4.78 is 5.13. The van der Waals surface area contributed by atoms with Crippen molar-refractivity contribution in [3.8, 4) is 5.75 Å². The van der Waals surface area contributed by atoms with Gasteiger partial charge in [-0.25, -0.2) is 0 Å². The smallest absolute Gasteiger partial charge is 0.240 e. The third-order valence-electron chi connectivity index (χ3n) is 3.32. The van der Waals surface area contributed by atoms with Crippen molar-refractivity contribution in [2.75, 3.05) is 20.2 Å². The monoisotopic (exact) mass is 277 g/mol. The Morgan fingerprint density at radius 3 is 2.20 bits per heavy atom. The van der Waals surface area contributed by atoms with Crippen LogP contribution in [-0.2, 0) is 9.59 Å². The molecule has 6 nitrogen and oxygen atoms in total. The zero-order valence-corrected chi connectivity index (χ0v) is 11.6. The Bertz CT molecular complexity index is 483. The number of methoxy groups -OCH3 is 1. The highest BCUT2D eigenvalue weighted by Gasteiger charge is 2.31. The average molecular weight is 277 g/mol. The Hall–Kier alpha value is -1.92. The van der Waals surface area contributed by atoms with Crippen molar-refractivity contribution in [1.29, 1.82) is 0 Å². The molecule has 0 bridgehead atoms. The van der Waals surface area contributed by atoms with Gasteiger partial charge in [0.2, 0.25) is 11.8 Å². The van der Waals surface area contributed by atoms with Gasteiger partial charge in [-0.3, -0.25) is 19.8 Å². The molecule has 0 aliphatic carbocycles. The van der Waals surface area contributed by atoms with E-state index in [0.717, 1.165) is 11.3 Å². The van der Waals surface area contributed by atoms with E-state index in [4.69, 9.17) is 10.5 Å². The summed E-state index contributed by atoms with van der Waals surface area (Å²) in [4.78, 5) is 24.8. The van der Waals surface area contributed by atoms with Gasteiger partial charge in [0.25, 0.3) is 0 Å². The lowest BCUT2D eigenvalue weighted by Crippen LogP contribution is -2.54. The summed E-state index contributed by atoms with van der Waals surface area (Å²) in [6.45, 7) is 2.21. The molecule has 20 heavy (non-hydrogen) atoms. The van der Waals surface area contributed by atoms with Crippen LogP contribution in [0, 0.1) is 0 Å². The second-order valence-corrected chi connectivity index (χ2v) is 4.95. The first-order valence-electron chi connectivity index (χ1n) is 6.47. The minimum Gasteiger partial charge on any atom is -0.497 e. The lowest BCUT2D eigenvalue weighted by molar-refractivity contribution is -0.137. The Kier molecular flexibility index (Phi) is 4.36. The Morgan fingerprint density at radius 2 is 1.75 bits per heavy atom. The van der Waals surface area contributed by atoms with Crippen LogP contribution in [0.1, 0.15) is 18.5 Å². The molecule has 0 saturated carbocycles. The molecule has 2 rings (SSSR count). The molecule has 2 atom stereocenters.